The van der Waals surface area contributed by atoms with Crippen LogP contribution in [0.1, 0.15) is 12.8 Å². The van der Waals surface area contributed by atoms with Crippen molar-refractivity contribution in [1.82, 2.24) is 5.43 Å². The molecule has 0 aromatic rings. The van der Waals surface area contributed by atoms with Gasteiger partial charge in [0.2, 0.25) is 0 Å². The summed E-state index contributed by atoms with van der Waals surface area (Å²) in [5, 5.41) is 4.12. The molecular weight excluding hydrogens is 111 g/mol. The monoisotopic (exact) mass is 120 g/mol. The zero-order chi connectivity index (χ0) is 6.27. The summed E-state index contributed by atoms with van der Waals surface area (Å²) in [5.41, 5.74) is 4.11. The maximum atomic E-state index is 5.73. The van der Waals surface area contributed by atoms with Crippen LogP contribution in [0.15, 0.2) is 5.10 Å². The van der Waals surface area contributed by atoms with Gasteiger partial charge in [0.1, 0.15) is 0 Å². The van der Waals surface area contributed by atoms with E-state index in [1.165, 1.54) is 18.6 Å². The maximum Gasteiger partial charge on any atom is 0.0806 e. The van der Waals surface area contributed by atoms with Gasteiger partial charge in [0.25, 0.3) is 0 Å². The van der Waals surface area contributed by atoms with E-state index in [1.54, 1.807) is 0 Å². The van der Waals surface area contributed by atoms with Crippen molar-refractivity contribution in [2.75, 3.05) is 6.54 Å². The number of rotatable bonds is 1. The molecule has 1 fully saturated rings. The second kappa shape index (κ2) is 1.76. The van der Waals surface area contributed by atoms with Crippen molar-refractivity contribution in [2.45, 2.75) is 18.7 Å². The fraction of sp³-hybridized carbons (Fsp3) is 0.833. The summed E-state index contributed by atoms with van der Waals surface area (Å²) in [6, 6.07) is 0. The zero-order valence-corrected chi connectivity index (χ0v) is 5.30. The molecule has 2 nitrogen and oxygen atoms in total. The molecule has 1 N–H and O–H groups in total. The van der Waals surface area contributed by atoms with Crippen molar-refractivity contribution in [3.8, 4) is 0 Å². The highest BCUT2D eigenvalue weighted by molar-refractivity contribution is 6.27. The first kappa shape index (κ1) is 5.33. The largest absolute Gasteiger partial charge is 0.310 e. The van der Waals surface area contributed by atoms with Gasteiger partial charge in [-0.2, -0.15) is 5.10 Å². The van der Waals surface area contributed by atoms with Crippen LogP contribution in [0.4, 0.5) is 0 Å². The summed E-state index contributed by atoms with van der Waals surface area (Å²) in [4.78, 5) is 0. The Morgan fingerprint density at radius 1 is 1.56 bits per heavy atom. The number of hydrogen-bond acceptors (Lipinski definition) is 2. The summed E-state index contributed by atoms with van der Waals surface area (Å²) in [7, 11) is 5.73. The molecule has 1 heterocycles. The molecule has 1 unspecified atom stereocenters. The summed E-state index contributed by atoms with van der Waals surface area (Å²) in [5.74, 6) is 0.937. The van der Waals surface area contributed by atoms with Gasteiger partial charge in [-0.3, -0.25) is 0 Å². The molecule has 2 aliphatic rings. The summed E-state index contributed by atoms with van der Waals surface area (Å²) in [6.07, 6.45) is 2.60. The Morgan fingerprint density at radius 3 is 2.78 bits per heavy atom. The minimum Gasteiger partial charge on any atom is -0.310 e. The van der Waals surface area contributed by atoms with E-state index in [0.29, 0.717) is 0 Å². The van der Waals surface area contributed by atoms with E-state index < -0.39 is 0 Å². The second-order valence-electron chi connectivity index (χ2n) is 2.78. The number of hydrazone groups is 1. The highest BCUT2D eigenvalue weighted by atomic mass is 15.3. The Kier molecular flexibility index (Phi) is 1.04. The van der Waals surface area contributed by atoms with Crippen molar-refractivity contribution in [2.24, 2.45) is 11.0 Å². The molecule has 0 spiro atoms. The van der Waals surface area contributed by atoms with Crippen molar-refractivity contribution < 1.29 is 0 Å². The molecule has 1 atom stereocenters. The molecule has 1 aliphatic heterocycles. The lowest BCUT2D eigenvalue weighted by atomic mass is 9.82. The van der Waals surface area contributed by atoms with Gasteiger partial charge in [0, 0.05) is 12.3 Å². The Balaban J connectivity index is 2.07. The van der Waals surface area contributed by atoms with Gasteiger partial charge in [-0.1, -0.05) is 0 Å². The van der Waals surface area contributed by atoms with E-state index in [0.717, 1.165) is 12.5 Å². The van der Waals surface area contributed by atoms with Crippen molar-refractivity contribution in [3.05, 3.63) is 0 Å². The van der Waals surface area contributed by atoms with Gasteiger partial charge in [-0.05, 0) is 24.6 Å². The van der Waals surface area contributed by atoms with Crippen LogP contribution in [-0.4, -0.2) is 20.1 Å². The molecule has 1 aliphatic carbocycles. The summed E-state index contributed by atoms with van der Waals surface area (Å²) in [6.45, 7) is 0.839. The first-order chi connectivity index (χ1) is 4.38. The molecule has 3 heteroatoms. The summed E-state index contributed by atoms with van der Waals surface area (Å²) >= 11 is 0. The van der Waals surface area contributed by atoms with E-state index in [4.69, 9.17) is 7.85 Å². The second-order valence-corrected chi connectivity index (χ2v) is 2.78. The van der Waals surface area contributed by atoms with Gasteiger partial charge in [0.05, 0.1) is 7.85 Å². The molecule has 46 valence electrons. The average molecular weight is 120 g/mol. The zero-order valence-electron chi connectivity index (χ0n) is 5.30. The SMILES string of the molecule is [B]C1CNN=C1C1CC1. The lowest BCUT2D eigenvalue weighted by Gasteiger charge is -2.00. The first-order valence-electron chi connectivity index (χ1n) is 3.44. The molecule has 0 amide bonds. The van der Waals surface area contributed by atoms with Crippen LogP contribution in [0.3, 0.4) is 0 Å². The predicted octanol–water partition coefficient (Wildman–Crippen LogP) is 0.313. The highest BCUT2D eigenvalue weighted by Crippen LogP contribution is 2.35. The third kappa shape index (κ3) is 0.844. The minimum atomic E-state index is 0.206. The van der Waals surface area contributed by atoms with E-state index in [2.05, 4.69) is 10.5 Å². The molecule has 0 aromatic carbocycles. The Morgan fingerprint density at radius 2 is 2.33 bits per heavy atom. The van der Waals surface area contributed by atoms with E-state index in [1.807, 2.05) is 0 Å². The smallest absolute Gasteiger partial charge is 0.0806 e. The van der Waals surface area contributed by atoms with Crippen LogP contribution in [0, 0.1) is 5.92 Å². The highest BCUT2D eigenvalue weighted by Gasteiger charge is 2.32. The third-order valence-electron chi connectivity index (χ3n) is 1.89. The van der Waals surface area contributed by atoms with Crippen LogP contribution in [0.25, 0.3) is 0 Å². The normalized spacial score (nSPS) is 33.8. The fourth-order valence-corrected chi connectivity index (χ4v) is 1.20. The topological polar surface area (TPSA) is 24.4 Å². The van der Waals surface area contributed by atoms with Crippen molar-refractivity contribution in [3.63, 3.8) is 0 Å². The van der Waals surface area contributed by atoms with Gasteiger partial charge in [0.15, 0.2) is 0 Å². The molecule has 2 rings (SSSR count). The quantitative estimate of drug-likeness (QED) is 0.495. The molecule has 0 saturated heterocycles. The van der Waals surface area contributed by atoms with Crippen LogP contribution in [-0.2, 0) is 0 Å². The van der Waals surface area contributed by atoms with E-state index >= 15 is 0 Å². The lowest BCUT2D eigenvalue weighted by Crippen LogP contribution is -2.10. The van der Waals surface area contributed by atoms with E-state index in [-0.39, 0.29) is 5.82 Å². The Labute approximate surface area is 56.1 Å². The van der Waals surface area contributed by atoms with Gasteiger partial charge >= 0.3 is 0 Å². The maximum absolute atomic E-state index is 5.73. The number of nitrogens with zero attached hydrogens (tertiary/aromatic N) is 1. The molecule has 0 bridgehead atoms. The lowest BCUT2D eigenvalue weighted by molar-refractivity contribution is 0.812. The Hall–Kier alpha value is -0.465. The third-order valence-corrected chi connectivity index (χ3v) is 1.89. The number of hydrogen-bond donors (Lipinski definition) is 1. The van der Waals surface area contributed by atoms with Gasteiger partial charge in [-0.25, -0.2) is 0 Å². The van der Waals surface area contributed by atoms with Crippen molar-refractivity contribution in [1.29, 1.82) is 0 Å². The minimum absolute atomic E-state index is 0.206. The Bertz CT molecular complexity index is 151. The predicted molar refractivity (Wildman–Crippen MR) is 37.7 cm³/mol. The number of nitrogens with one attached hydrogen (secondary N) is 1. The van der Waals surface area contributed by atoms with E-state index in [9.17, 15) is 0 Å². The molecule has 2 radical (unpaired) electrons. The van der Waals surface area contributed by atoms with Crippen LogP contribution < -0.4 is 5.43 Å². The van der Waals surface area contributed by atoms with Crippen LogP contribution >= 0.6 is 0 Å². The fourth-order valence-electron chi connectivity index (χ4n) is 1.20. The molecular formula is C6H9BN2. The van der Waals surface area contributed by atoms with Crippen molar-refractivity contribution >= 4 is 13.6 Å². The average Bonchev–Trinajstić information content (AvgIpc) is 2.58. The molecule has 0 aromatic heterocycles. The van der Waals surface area contributed by atoms with Gasteiger partial charge < -0.3 is 5.43 Å². The van der Waals surface area contributed by atoms with Crippen LogP contribution in [0.2, 0.25) is 5.82 Å². The first-order valence-corrected chi connectivity index (χ1v) is 3.44. The summed E-state index contributed by atoms with van der Waals surface area (Å²) < 4.78 is 0. The van der Waals surface area contributed by atoms with Crippen LogP contribution in [0.5, 0.6) is 0 Å². The van der Waals surface area contributed by atoms with Gasteiger partial charge in [-0.15, -0.1) is 0 Å². The molecule has 9 heavy (non-hydrogen) atoms. The standard InChI is InChI=1S/C6H9BN2/c7-5-3-8-9-6(5)4-1-2-4/h4-5,8H,1-3H2. The molecule has 1 saturated carbocycles.